The summed E-state index contributed by atoms with van der Waals surface area (Å²) in [6, 6.07) is 13.5. The normalized spacial score (nSPS) is 27.1. The molecular weight excluding hydrogens is 240 g/mol. The Labute approximate surface area is 121 Å². The maximum absolute atomic E-state index is 2.49. The first-order valence-corrected chi connectivity index (χ1v) is 7.84. The quantitative estimate of drug-likeness (QED) is 0.565. The van der Waals surface area contributed by atoms with Gasteiger partial charge in [-0.1, -0.05) is 62.4 Å². The number of fused-ring (bicyclic) bond motifs is 5. The van der Waals surface area contributed by atoms with E-state index >= 15 is 0 Å². The molecule has 2 aromatic carbocycles. The van der Waals surface area contributed by atoms with Gasteiger partial charge in [0.15, 0.2) is 0 Å². The highest BCUT2D eigenvalue weighted by Crippen LogP contribution is 2.50. The molecule has 0 heterocycles. The smallest absolute Gasteiger partial charge is 0.00923 e. The highest BCUT2D eigenvalue weighted by atomic mass is 14.4. The first-order chi connectivity index (χ1) is 9.64. The van der Waals surface area contributed by atoms with Crippen molar-refractivity contribution in [2.24, 2.45) is 11.3 Å². The zero-order chi connectivity index (χ0) is 13.7. The number of benzene rings is 2. The molecule has 0 amide bonds. The molecular formula is C20H22. The lowest BCUT2D eigenvalue weighted by Gasteiger charge is -2.42. The lowest BCUT2D eigenvalue weighted by molar-refractivity contribution is 0.182. The first kappa shape index (κ1) is 12.2. The number of hydrogen-bond donors (Lipinski definition) is 0. The number of allylic oxidation sites excluding steroid dienone is 1. The molecule has 0 nitrogen and oxygen atoms in total. The summed E-state index contributed by atoms with van der Waals surface area (Å²) in [5.41, 5.74) is 3.58. The van der Waals surface area contributed by atoms with Crippen LogP contribution in [0.25, 0.3) is 16.8 Å². The van der Waals surface area contributed by atoms with Gasteiger partial charge in [0.05, 0.1) is 0 Å². The van der Waals surface area contributed by atoms with Gasteiger partial charge >= 0.3 is 0 Å². The molecule has 0 bridgehead atoms. The van der Waals surface area contributed by atoms with Crippen molar-refractivity contribution in [3.8, 4) is 0 Å². The van der Waals surface area contributed by atoms with E-state index in [0.717, 1.165) is 11.8 Å². The summed E-state index contributed by atoms with van der Waals surface area (Å²) < 4.78 is 0. The molecule has 2 aliphatic rings. The molecule has 2 aromatic rings. The van der Waals surface area contributed by atoms with Crippen LogP contribution in [0, 0.1) is 11.3 Å². The van der Waals surface area contributed by atoms with Gasteiger partial charge in [0.2, 0.25) is 0 Å². The van der Waals surface area contributed by atoms with Crippen molar-refractivity contribution in [2.45, 2.75) is 39.0 Å². The third-order valence-electron chi connectivity index (χ3n) is 5.35. The SMILES string of the molecule is CC1(C)CCC2c3ccc4ccccc4c3C=CC2C1. The fourth-order valence-electron chi connectivity index (χ4n) is 4.27. The predicted octanol–water partition coefficient (Wildman–Crippen LogP) is 5.78. The minimum Gasteiger partial charge on any atom is -0.0802 e. The third kappa shape index (κ3) is 1.82. The zero-order valence-electron chi connectivity index (χ0n) is 12.4. The van der Waals surface area contributed by atoms with Crippen LogP contribution in [-0.4, -0.2) is 0 Å². The molecule has 1 fully saturated rings. The van der Waals surface area contributed by atoms with Crippen LogP contribution in [0.3, 0.4) is 0 Å². The Morgan fingerprint density at radius 3 is 2.80 bits per heavy atom. The van der Waals surface area contributed by atoms with Crippen molar-refractivity contribution < 1.29 is 0 Å². The molecule has 0 saturated heterocycles. The van der Waals surface area contributed by atoms with Gasteiger partial charge in [0.25, 0.3) is 0 Å². The average molecular weight is 262 g/mol. The van der Waals surface area contributed by atoms with Gasteiger partial charge in [-0.2, -0.15) is 0 Å². The second-order valence-corrected chi connectivity index (χ2v) is 7.33. The summed E-state index contributed by atoms with van der Waals surface area (Å²) in [7, 11) is 0. The predicted molar refractivity (Wildman–Crippen MR) is 86.8 cm³/mol. The Kier molecular flexibility index (Phi) is 2.57. The van der Waals surface area contributed by atoms with E-state index in [2.05, 4.69) is 62.4 Å². The van der Waals surface area contributed by atoms with E-state index in [9.17, 15) is 0 Å². The van der Waals surface area contributed by atoms with Crippen molar-refractivity contribution in [3.63, 3.8) is 0 Å². The van der Waals surface area contributed by atoms with Crippen molar-refractivity contribution in [3.05, 3.63) is 53.6 Å². The second kappa shape index (κ2) is 4.22. The topological polar surface area (TPSA) is 0 Å². The maximum atomic E-state index is 2.49. The van der Waals surface area contributed by atoms with E-state index in [1.54, 1.807) is 5.56 Å². The van der Waals surface area contributed by atoms with Gasteiger partial charge in [0, 0.05) is 0 Å². The van der Waals surface area contributed by atoms with Crippen molar-refractivity contribution in [1.82, 2.24) is 0 Å². The molecule has 4 rings (SSSR count). The molecule has 0 spiro atoms. The average Bonchev–Trinajstić information content (AvgIpc) is 2.45. The summed E-state index contributed by atoms with van der Waals surface area (Å²) in [4.78, 5) is 0. The summed E-state index contributed by atoms with van der Waals surface area (Å²) in [6.45, 7) is 4.85. The van der Waals surface area contributed by atoms with Crippen LogP contribution in [0.1, 0.15) is 50.2 Å². The van der Waals surface area contributed by atoms with Gasteiger partial charge in [-0.15, -0.1) is 0 Å². The van der Waals surface area contributed by atoms with Gasteiger partial charge in [-0.25, -0.2) is 0 Å². The van der Waals surface area contributed by atoms with Gasteiger partial charge in [0.1, 0.15) is 0 Å². The third-order valence-corrected chi connectivity index (χ3v) is 5.35. The lowest BCUT2D eigenvalue weighted by atomic mass is 9.63. The monoisotopic (exact) mass is 262 g/mol. The summed E-state index contributed by atoms with van der Waals surface area (Å²) in [5, 5.41) is 2.79. The molecule has 2 unspecified atom stereocenters. The minimum atomic E-state index is 0.514. The van der Waals surface area contributed by atoms with Crippen LogP contribution < -0.4 is 0 Å². The molecule has 0 N–H and O–H groups in total. The molecule has 1 saturated carbocycles. The van der Waals surface area contributed by atoms with E-state index in [-0.39, 0.29) is 0 Å². The van der Waals surface area contributed by atoms with Gasteiger partial charge in [-0.3, -0.25) is 0 Å². The van der Waals surface area contributed by atoms with Crippen LogP contribution in [0.4, 0.5) is 0 Å². The largest absolute Gasteiger partial charge is 0.0802 e. The molecule has 0 aromatic heterocycles. The molecule has 20 heavy (non-hydrogen) atoms. The summed E-state index contributed by atoms with van der Waals surface area (Å²) in [5.74, 6) is 1.49. The first-order valence-electron chi connectivity index (χ1n) is 7.84. The Bertz CT molecular complexity index is 690. The van der Waals surface area contributed by atoms with Crippen molar-refractivity contribution in [2.75, 3.05) is 0 Å². The molecule has 0 heteroatoms. The van der Waals surface area contributed by atoms with E-state index in [0.29, 0.717) is 5.41 Å². The summed E-state index contributed by atoms with van der Waals surface area (Å²) >= 11 is 0. The minimum absolute atomic E-state index is 0.514. The van der Waals surface area contributed by atoms with Crippen molar-refractivity contribution in [1.29, 1.82) is 0 Å². The van der Waals surface area contributed by atoms with Gasteiger partial charge < -0.3 is 0 Å². The fourth-order valence-corrected chi connectivity index (χ4v) is 4.27. The lowest BCUT2D eigenvalue weighted by Crippen LogP contribution is -2.29. The van der Waals surface area contributed by atoms with Gasteiger partial charge in [-0.05, 0) is 58.4 Å². The van der Waals surface area contributed by atoms with Crippen LogP contribution in [-0.2, 0) is 0 Å². The zero-order valence-corrected chi connectivity index (χ0v) is 12.4. The van der Waals surface area contributed by atoms with Crippen molar-refractivity contribution >= 4 is 16.8 Å². The Balaban J connectivity index is 1.85. The summed E-state index contributed by atoms with van der Waals surface area (Å²) in [6.07, 6.45) is 8.91. The fraction of sp³-hybridized carbons (Fsp3) is 0.400. The van der Waals surface area contributed by atoms with Crippen LogP contribution in [0.2, 0.25) is 0 Å². The Morgan fingerprint density at radius 1 is 1.05 bits per heavy atom. The molecule has 2 atom stereocenters. The van der Waals surface area contributed by atoms with E-state index < -0.39 is 0 Å². The van der Waals surface area contributed by atoms with Crippen LogP contribution in [0.5, 0.6) is 0 Å². The van der Waals surface area contributed by atoms with Crippen LogP contribution >= 0.6 is 0 Å². The molecule has 102 valence electrons. The van der Waals surface area contributed by atoms with E-state index in [1.165, 1.54) is 35.6 Å². The highest BCUT2D eigenvalue weighted by molar-refractivity contribution is 5.92. The highest BCUT2D eigenvalue weighted by Gasteiger charge is 2.36. The number of hydrogen-bond acceptors (Lipinski definition) is 0. The van der Waals surface area contributed by atoms with Crippen LogP contribution in [0.15, 0.2) is 42.5 Å². The molecule has 0 aliphatic heterocycles. The van der Waals surface area contributed by atoms with E-state index in [1.807, 2.05) is 0 Å². The Hall–Kier alpha value is -1.56. The maximum Gasteiger partial charge on any atom is -0.00923 e. The number of rotatable bonds is 0. The second-order valence-electron chi connectivity index (χ2n) is 7.33. The molecule has 2 aliphatic carbocycles. The molecule has 0 radical (unpaired) electrons. The Morgan fingerprint density at radius 2 is 1.90 bits per heavy atom. The van der Waals surface area contributed by atoms with E-state index in [4.69, 9.17) is 0 Å². The standard InChI is InChI=1S/C20H22/c1-20(2)12-11-17-15(13-20)8-10-18-16-6-4-3-5-14(16)7-9-19(17)18/h3-10,15,17H,11-13H2,1-2H3.